The van der Waals surface area contributed by atoms with Crippen LogP contribution in [0.2, 0.25) is 10.0 Å². The SMILES string of the molecule is Cc1ccc(CS(=O)(=O)CC(=O)N(C)Cc2ccc(Cl)c(Cl)c2)cc1. The highest BCUT2D eigenvalue weighted by molar-refractivity contribution is 7.91. The maximum Gasteiger partial charge on any atom is 0.237 e. The van der Waals surface area contributed by atoms with Gasteiger partial charge in [-0.05, 0) is 30.2 Å². The van der Waals surface area contributed by atoms with Gasteiger partial charge in [-0.1, -0.05) is 59.1 Å². The monoisotopic (exact) mass is 399 g/mol. The van der Waals surface area contributed by atoms with Crippen LogP contribution in [0.3, 0.4) is 0 Å². The summed E-state index contributed by atoms with van der Waals surface area (Å²) in [5.74, 6) is -1.14. The van der Waals surface area contributed by atoms with Gasteiger partial charge in [0.05, 0.1) is 15.8 Å². The Hall–Kier alpha value is -1.56. The normalized spacial score (nSPS) is 11.4. The number of benzene rings is 2. The van der Waals surface area contributed by atoms with Gasteiger partial charge >= 0.3 is 0 Å². The Kier molecular flexibility index (Phi) is 6.49. The van der Waals surface area contributed by atoms with Crippen LogP contribution in [0.4, 0.5) is 0 Å². The Bertz CT molecular complexity index is 864. The Morgan fingerprint density at radius 2 is 1.60 bits per heavy atom. The van der Waals surface area contributed by atoms with Crippen molar-refractivity contribution >= 4 is 38.9 Å². The zero-order valence-electron chi connectivity index (χ0n) is 14.0. The molecule has 25 heavy (non-hydrogen) atoms. The van der Waals surface area contributed by atoms with Gasteiger partial charge in [-0.2, -0.15) is 0 Å². The average Bonchev–Trinajstić information content (AvgIpc) is 2.52. The van der Waals surface area contributed by atoms with Gasteiger partial charge in [0.25, 0.3) is 0 Å². The molecule has 0 saturated carbocycles. The van der Waals surface area contributed by atoms with Crippen LogP contribution in [0.25, 0.3) is 0 Å². The molecule has 0 spiro atoms. The van der Waals surface area contributed by atoms with Crippen molar-refractivity contribution in [2.45, 2.75) is 19.2 Å². The van der Waals surface area contributed by atoms with Crippen molar-refractivity contribution in [3.05, 3.63) is 69.2 Å². The van der Waals surface area contributed by atoms with E-state index in [1.807, 2.05) is 19.1 Å². The molecule has 0 saturated heterocycles. The third-order valence-electron chi connectivity index (χ3n) is 3.68. The van der Waals surface area contributed by atoms with E-state index >= 15 is 0 Å². The Morgan fingerprint density at radius 3 is 2.20 bits per heavy atom. The van der Waals surface area contributed by atoms with E-state index in [2.05, 4.69) is 0 Å². The number of hydrogen-bond acceptors (Lipinski definition) is 3. The second-order valence-electron chi connectivity index (χ2n) is 6.02. The summed E-state index contributed by atoms with van der Waals surface area (Å²) in [5, 5.41) is 0.826. The molecule has 2 rings (SSSR count). The van der Waals surface area contributed by atoms with Crippen LogP contribution in [0, 0.1) is 6.92 Å². The first-order valence-electron chi connectivity index (χ1n) is 7.60. The van der Waals surface area contributed by atoms with Gasteiger partial charge in [-0.3, -0.25) is 4.79 Å². The molecule has 0 aliphatic rings. The molecule has 0 unspecified atom stereocenters. The maximum atomic E-state index is 12.3. The van der Waals surface area contributed by atoms with Gasteiger partial charge in [0.2, 0.25) is 5.91 Å². The minimum atomic E-state index is -3.54. The number of carbonyl (C=O) groups is 1. The van der Waals surface area contributed by atoms with E-state index in [0.29, 0.717) is 15.6 Å². The van der Waals surface area contributed by atoms with Gasteiger partial charge in [0.15, 0.2) is 9.84 Å². The zero-order chi connectivity index (χ0) is 18.6. The molecule has 2 aromatic carbocycles. The highest BCUT2D eigenvalue weighted by atomic mass is 35.5. The lowest BCUT2D eigenvalue weighted by Gasteiger charge is -2.17. The van der Waals surface area contributed by atoms with Gasteiger partial charge < -0.3 is 4.90 Å². The molecule has 0 heterocycles. The van der Waals surface area contributed by atoms with Crippen LogP contribution in [0.5, 0.6) is 0 Å². The molecule has 0 radical (unpaired) electrons. The number of halogens is 2. The maximum absolute atomic E-state index is 12.3. The van der Waals surface area contributed by atoms with Crippen molar-refractivity contribution in [2.24, 2.45) is 0 Å². The topological polar surface area (TPSA) is 54.5 Å². The summed E-state index contributed by atoms with van der Waals surface area (Å²) in [6.45, 7) is 2.19. The smallest absolute Gasteiger partial charge is 0.237 e. The summed E-state index contributed by atoms with van der Waals surface area (Å²) in [5.41, 5.74) is 2.50. The molecule has 2 aromatic rings. The lowest BCUT2D eigenvalue weighted by atomic mass is 10.2. The van der Waals surface area contributed by atoms with Gasteiger partial charge in [-0.25, -0.2) is 8.42 Å². The molecule has 134 valence electrons. The number of aryl methyl sites for hydroxylation is 1. The minimum Gasteiger partial charge on any atom is -0.341 e. The molecule has 0 bridgehead atoms. The molecule has 0 aliphatic heterocycles. The Labute approximate surface area is 158 Å². The van der Waals surface area contributed by atoms with E-state index in [0.717, 1.165) is 11.1 Å². The molecule has 0 fully saturated rings. The quantitative estimate of drug-likeness (QED) is 0.740. The van der Waals surface area contributed by atoms with E-state index < -0.39 is 21.5 Å². The third-order valence-corrected chi connectivity index (χ3v) is 5.88. The summed E-state index contributed by atoms with van der Waals surface area (Å²) < 4.78 is 24.5. The van der Waals surface area contributed by atoms with E-state index in [4.69, 9.17) is 23.2 Å². The lowest BCUT2D eigenvalue weighted by molar-refractivity contribution is -0.127. The summed E-state index contributed by atoms with van der Waals surface area (Å²) >= 11 is 11.8. The highest BCUT2D eigenvalue weighted by Crippen LogP contribution is 2.23. The lowest BCUT2D eigenvalue weighted by Crippen LogP contribution is -2.32. The summed E-state index contributed by atoms with van der Waals surface area (Å²) in [4.78, 5) is 13.6. The first-order chi connectivity index (χ1) is 11.7. The van der Waals surface area contributed by atoms with Crippen molar-refractivity contribution in [3.63, 3.8) is 0 Å². The fourth-order valence-electron chi connectivity index (χ4n) is 2.29. The molecule has 4 nitrogen and oxygen atoms in total. The third kappa shape index (κ3) is 6.03. The number of carbonyl (C=O) groups excluding carboxylic acids is 1. The first kappa shape index (κ1) is 19.8. The predicted octanol–water partition coefficient (Wildman–Crippen LogP) is 3.88. The average molecular weight is 400 g/mol. The van der Waals surface area contributed by atoms with Gasteiger partial charge in [-0.15, -0.1) is 0 Å². The predicted molar refractivity (Wildman–Crippen MR) is 102 cm³/mol. The summed E-state index contributed by atoms with van der Waals surface area (Å²) in [6.07, 6.45) is 0. The number of sulfone groups is 1. The molecule has 0 N–H and O–H groups in total. The molecule has 1 amide bonds. The van der Waals surface area contributed by atoms with Crippen LogP contribution in [0.15, 0.2) is 42.5 Å². The van der Waals surface area contributed by atoms with Crippen LogP contribution in [-0.4, -0.2) is 32.0 Å². The van der Waals surface area contributed by atoms with E-state index in [1.165, 1.54) is 4.90 Å². The van der Waals surface area contributed by atoms with Crippen LogP contribution in [-0.2, 0) is 26.9 Å². The van der Waals surface area contributed by atoms with Crippen LogP contribution >= 0.6 is 23.2 Å². The van der Waals surface area contributed by atoms with Crippen LogP contribution in [0.1, 0.15) is 16.7 Å². The van der Waals surface area contributed by atoms with Crippen molar-refractivity contribution in [2.75, 3.05) is 12.8 Å². The zero-order valence-corrected chi connectivity index (χ0v) is 16.3. The Balaban J connectivity index is 1.99. The van der Waals surface area contributed by atoms with Crippen molar-refractivity contribution < 1.29 is 13.2 Å². The number of rotatable bonds is 6. The largest absolute Gasteiger partial charge is 0.341 e. The van der Waals surface area contributed by atoms with Gasteiger partial charge in [0, 0.05) is 13.6 Å². The number of hydrogen-bond donors (Lipinski definition) is 0. The standard InChI is InChI=1S/C18H19Cl2NO3S/c1-13-3-5-14(6-4-13)11-25(23,24)12-18(22)21(2)10-15-7-8-16(19)17(20)9-15/h3-9H,10-12H2,1-2H3. The summed E-state index contributed by atoms with van der Waals surface area (Å²) in [6, 6.07) is 12.3. The fourth-order valence-corrected chi connectivity index (χ4v) is 4.01. The molecule has 0 aromatic heterocycles. The molecule has 0 atom stereocenters. The Morgan fingerprint density at radius 1 is 1.00 bits per heavy atom. The van der Waals surface area contributed by atoms with E-state index in [9.17, 15) is 13.2 Å². The van der Waals surface area contributed by atoms with Gasteiger partial charge in [0.1, 0.15) is 5.75 Å². The molecule has 7 heteroatoms. The minimum absolute atomic E-state index is 0.153. The molecular formula is C18H19Cl2NO3S. The highest BCUT2D eigenvalue weighted by Gasteiger charge is 2.20. The number of nitrogens with zero attached hydrogens (tertiary/aromatic N) is 1. The van der Waals surface area contributed by atoms with Crippen LogP contribution < -0.4 is 0 Å². The van der Waals surface area contributed by atoms with Crippen molar-refractivity contribution in [1.29, 1.82) is 0 Å². The van der Waals surface area contributed by atoms with E-state index in [1.54, 1.807) is 37.4 Å². The van der Waals surface area contributed by atoms with E-state index in [-0.39, 0.29) is 12.3 Å². The molecule has 0 aliphatic carbocycles. The first-order valence-corrected chi connectivity index (χ1v) is 10.2. The van der Waals surface area contributed by atoms with Crippen molar-refractivity contribution in [1.82, 2.24) is 4.90 Å². The van der Waals surface area contributed by atoms with Crippen molar-refractivity contribution in [3.8, 4) is 0 Å². The second kappa shape index (κ2) is 8.21. The fraction of sp³-hybridized carbons (Fsp3) is 0.278. The number of amides is 1. The molecular weight excluding hydrogens is 381 g/mol. The second-order valence-corrected chi connectivity index (χ2v) is 8.89. The summed E-state index contributed by atoms with van der Waals surface area (Å²) in [7, 11) is -1.98.